The Labute approximate surface area is 99.9 Å². The molecule has 0 aromatic heterocycles. The molecule has 0 atom stereocenters. The van der Waals surface area contributed by atoms with Crippen LogP contribution in [-0.2, 0) is 0 Å². The molecule has 0 saturated carbocycles. The van der Waals surface area contributed by atoms with E-state index in [0.717, 1.165) is 26.9 Å². The first-order chi connectivity index (χ1) is 6.25. The Balaban J connectivity index is 2.64. The topological polar surface area (TPSA) is 12.0 Å². The minimum atomic E-state index is 0.988. The third-order valence-corrected chi connectivity index (χ3v) is 3.50. The van der Waals surface area contributed by atoms with Crippen LogP contribution < -0.4 is 5.32 Å². The van der Waals surface area contributed by atoms with Crippen LogP contribution in [0.4, 0.5) is 5.69 Å². The van der Waals surface area contributed by atoms with Gasteiger partial charge >= 0.3 is 0 Å². The summed E-state index contributed by atoms with van der Waals surface area (Å²) in [5.41, 5.74) is 1.14. The fourth-order valence-electron chi connectivity index (χ4n) is 0.945. The summed E-state index contributed by atoms with van der Waals surface area (Å²) in [6.45, 7) is 0.988. The van der Waals surface area contributed by atoms with Gasteiger partial charge in [0.2, 0.25) is 0 Å². The fourth-order valence-corrected chi connectivity index (χ4v) is 2.53. The van der Waals surface area contributed by atoms with Gasteiger partial charge < -0.3 is 5.32 Å². The Bertz CT molecular complexity index is 258. The Morgan fingerprint density at radius 1 is 1.31 bits per heavy atom. The van der Waals surface area contributed by atoms with Gasteiger partial charge in [0.25, 0.3) is 0 Å². The maximum atomic E-state index is 3.50. The van der Waals surface area contributed by atoms with Crippen LogP contribution in [0, 0.1) is 0 Å². The summed E-state index contributed by atoms with van der Waals surface area (Å²) in [6, 6.07) is 6.08. The number of rotatable bonds is 4. The summed E-state index contributed by atoms with van der Waals surface area (Å²) in [5.74, 6) is 1.12. The zero-order chi connectivity index (χ0) is 9.68. The average molecular weight is 325 g/mol. The van der Waals surface area contributed by atoms with Crippen LogP contribution in [0.15, 0.2) is 27.1 Å². The second-order valence-electron chi connectivity index (χ2n) is 2.52. The Morgan fingerprint density at radius 2 is 1.92 bits per heavy atom. The van der Waals surface area contributed by atoms with Gasteiger partial charge in [-0.15, -0.1) is 0 Å². The third kappa shape index (κ3) is 3.52. The third-order valence-electron chi connectivity index (χ3n) is 1.57. The van der Waals surface area contributed by atoms with Gasteiger partial charge in [0.05, 0.1) is 5.69 Å². The first-order valence-electron chi connectivity index (χ1n) is 3.92. The molecule has 0 aliphatic carbocycles. The van der Waals surface area contributed by atoms with E-state index in [0.29, 0.717) is 0 Å². The fraction of sp³-hybridized carbons (Fsp3) is 0.333. The van der Waals surface area contributed by atoms with Gasteiger partial charge in [-0.25, -0.2) is 0 Å². The van der Waals surface area contributed by atoms with Crippen LogP contribution in [0.5, 0.6) is 0 Å². The molecule has 0 unspecified atom stereocenters. The molecular weight excluding hydrogens is 314 g/mol. The Morgan fingerprint density at radius 3 is 2.46 bits per heavy atom. The highest BCUT2D eigenvalue weighted by atomic mass is 79.9. The summed E-state index contributed by atoms with van der Waals surface area (Å²) in [6.07, 6.45) is 2.11. The molecule has 1 rings (SSSR count). The van der Waals surface area contributed by atoms with E-state index in [-0.39, 0.29) is 0 Å². The predicted molar refractivity (Wildman–Crippen MR) is 68.7 cm³/mol. The molecule has 0 aliphatic rings. The number of thioether (sulfide) groups is 1. The number of hydrogen-bond acceptors (Lipinski definition) is 2. The molecule has 0 fully saturated rings. The van der Waals surface area contributed by atoms with Crippen molar-refractivity contribution in [3.63, 3.8) is 0 Å². The lowest BCUT2D eigenvalue weighted by molar-refractivity contribution is 1.22. The molecule has 0 bridgehead atoms. The number of para-hydroxylation sites is 1. The molecule has 0 spiro atoms. The van der Waals surface area contributed by atoms with Crippen molar-refractivity contribution in [2.75, 3.05) is 23.9 Å². The minimum absolute atomic E-state index is 0.988. The smallest absolute Gasteiger partial charge is 0.0629 e. The van der Waals surface area contributed by atoms with Crippen molar-refractivity contribution in [2.24, 2.45) is 0 Å². The average Bonchev–Trinajstić information content (AvgIpc) is 2.10. The zero-order valence-electron chi connectivity index (χ0n) is 7.31. The quantitative estimate of drug-likeness (QED) is 0.840. The van der Waals surface area contributed by atoms with Crippen LogP contribution in [0.25, 0.3) is 0 Å². The monoisotopic (exact) mass is 323 g/mol. The molecule has 0 saturated heterocycles. The number of halogens is 2. The molecule has 1 N–H and O–H groups in total. The van der Waals surface area contributed by atoms with Crippen LogP contribution in [0.1, 0.15) is 0 Å². The molecule has 1 aromatic carbocycles. The van der Waals surface area contributed by atoms with Crippen LogP contribution in [-0.4, -0.2) is 18.6 Å². The lowest BCUT2D eigenvalue weighted by Gasteiger charge is -2.09. The van der Waals surface area contributed by atoms with Gasteiger partial charge in [-0.2, -0.15) is 11.8 Å². The maximum Gasteiger partial charge on any atom is 0.0629 e. The van der Waals surface area contributed by atoms with E-state index in [2.05, 4.69) is 43.4 Å². The SMILES string of the molecule is CSCCNc1c(Br)cccc1Br. The summed E-state index contributed by atoms with van der Waals surface area (Å²) >= 11 is 8.84. The molecule has 72 valence electrons. The van der Waals surface area contributed by atoms with Crippen molar-refractivity contribution in [1.82, 2.24) is 0 Å². The molecule has 0 amide bonds. The molecule has 1 nitrogen and oxygen atoms in total. The van der Waals surface area contributed by atoms with Crippen molar-refractivity contribution in [3.05, 3.63) is 27.1 Å². The highest BCUT2D eigenvalue weighted by molar-refractivity contribution is 9.11. The van der Waals surface area contributed by atoms with Crippen molar-refractivity contribution >= 4 is 49.3 Å². The van der Waals surface area contributed by atoms with E-state index in [1.807, 2.05) is 30.0 Å². The van der Waals surface area contributed by atoms with E-state index in [1.54, 1.807) is 0 Å². The van der Waals surface area contributed by atoms with E-state index in [4.69, 9.17) is 0 Å². The number of hydrogen-bond donors (Lipinski definition) is 1. The van der Waals surface area contributed by atoms with E-state index in [9.17, 15) is 0 Å². The molecular formula is C9H11Br2NS. The standard InChI is InChI=1S/C9H11Br2NS/c1-13-6-5-12-9-7(10)3-2-4-8(9)11/h2-4,12H,5-6H2,1H3. The lowest BCUT2D eigenvalue weighted by Crippen LogP contribution is -2.04. The Kier molecular flexibility index (Phi) is 5.21. The van der Waals surface area contributed by atoms with Crippen LogP contribution >= 0.6 is 43.6 Å². The normalized spacial score (nSPS) is 10.1. The summed E-state index contributed by atoms with van der Waals surface area (Å²) in [4.78, 5) is 0. The van der Waals surface area contributed by atoms with E-state index >= 15 is 0 Å². The summed E-state index contributed by atoms with van der Waals surface area (Å²) in [7, 11) is 0. The highest BCUT2D eigenvalue weighted by Gasteiger charge is 2.02. The summed E-state index contributed by atoms with van der Waals surface area (Å²) < 4.78 is 2.20. The molecule has 0 heterocycles. The minimum Gasteiger partial charge on any atom is -0.382 e. The number of nitrogens with one attached hydrogen (secondary N) is 1. The van der Waals surface area contributed by atoms with Gasteiger partial charge in [-0.3, -0.25) is 0 Å². The lowest BCUT2D eigenvalue weighted by atomic mass is 10.3. The van der Waals surface area contributed by atoms with Crippen molar-refractivity contribution < 1.29 is 0 Å². The second kappa shape index (κ2) is 5.94. The van der Waals surface area contributed by atoms with E-state index in [1.165, 1.54) is 0 Å². The van der Waals surface area contributed by atoms with Gasteiger partial charge in [0, 0.05) is 21.2 Å². The van der Waals surface area contributed by atoms with Crippen LogP contribution in [0.3, 0.4) is 0 Å². The molecule has 0 radical (unpaired) electrons. The zero-order valence-corrected chi connectivity index (χ0v) is 11.3. The maximum absolute atomic E-state index is 3.50. The van der Waals surface area contributed by atoms with Gasteiger partial charge in [0.15, 0.2) is 0 Å². The molecule has 1 aromatic rings. The van der Waals surface area contributed by atoms with Gasteiger partial charge in [-0.1, -0.05) is 6.07 Å². The van der Waals surface area contributed by atoms with Gasteiger partial charge in [0.1, 0.15) is 0 Å². The largest absolute Gasteiger partial charge is 0.382 e. The van der Waals surface area contributed by atoms with Gasteiger partial charge in [-0.05, 0) is 50.2 Å². The van der Waals surface area contributed by atoms with Crippen molar-refractivity contribution in [2.45, 2.75) is 0 Å². The van der Waals surface area contributed by atoms with E-state index < -0.39 is 0 Å². The first-order valence-corrected chi connectivity index (χ1v) is 6.90. The predicted octanol–water partition coefficient (Wildman–Crippen LogP) is 3.99. The van der Waals surface area contributed by atoms with Crippen molar-refractivity contribution in [1.29, 1.82) is 0 Å². The highest BCUT2D eigenvalue weighted by Crippen LogP contribution is 2.30. The summed E-state index contributed by atoms with van der Waals surface area (Å²) in [5, 5.41) is 3.37. The van der Waals surface area contributed by atoms with Crippen LogP contribution in [0.2, 0.25) is 0 Å². The molecule has 13 heavy (non-hydrogen) atoms. The molecule has 4 heteroatoms. The first kappa shape index (κ1) is 11.4. The molecule has 0 aliphatic heterocycles. The second-order valence-corrected chi connectivity index (χ2v) is 5.21. The number of anilines is 1. The Hall–Kier alpha value is 0.330. The number of benzene rings is 1. The van der Waals surface area contributed by atoms with Crippen molar-refractivity contribution in [3.8, 4) is 0 Å².